The van der Waals surface area contributed by atoms with Crippen LogP contribution in [0.1, 0.15) is 0 Å². The molecule has 4 nitrogen and oxygen atoms in total. The van der Waals surface area contributed by atoms with Gasteiger partial charge in [0, 0.05) is 11.3 Å². The van der Waals surface area contributed by atoms with Gasteiger partial charge in [0.1, 0.15) is 0 Å². The summed E-state index contributed by atoms with van der Waals surface area (Å²) in [5.74, 6) is 1.37. The summed E-state index contributed by atoms with van der Waals surface area (Å²) in [7, 11) is 0. The molecule has 0 aliphatic heterocycles. The molecule has 0 spiro atoms. The fourth-order valence-electron chi connectivity index (χ4n) is 1.13. The van der Waals surface area contributed by atoms with Gasteiger partial charge >= 0.3 is 0 Å². The van der Waals surface area contributed by atoms with Crippen molar-refractivity contribution < 1.29 is 0 Å². The molecular formula is C9H10N4S. The minimum Gasteiger partial charge on any atom is -0.177 e. The Kier molecular flexibility index (Phi) is 2.78. The van der Waals surface area contributed by atoms with Gasteiger partial charge in [0.25, 0.3) is 0 Å². The van der Waals surface area contributed by atoms with Crippen LogP contribution in [0.25, 0.3) is 11.4 Å². The molecule has 2 rings (SSSR count). The first kappa shape index (κ1) is 9.21. The molecule has 2 aromatic rings. The highest BCUT2D eigenvalue weighted by Gasteiger charge is 2.03. The van der Waals surface area contributed by atoms with E-state index in [1.54, 1.807) is 4.80 Å². The van der Waals surface area contributed by atoms with Crippen LogP contribution < -0.4 is 0 Å². The molecule has 5 heteroatoms. The van der Waals surface area contributed by atoms with Crippen LogP contribution in [0.2, 0.25) is 0 Å². The molecule has 0 radical (unpaired) electrons. The van der Waals surface area contributed by atoms with Gasteiger partial charge in [-0.05, 0) is 5.21 Å². The standard InChI is InChI=1S/C9H10N4S/c14-7-6-13-11-9(10-12-13)8-4-2-1-3-5-8/h1-5,14H,6-7H2. The molecule has 0 N–H and O–H groups in total. The zero-order chi connectivity index (χ0) is 9.80. The lowest BCUT2D eigenvalue weighted by Crippen LogP contribution is -2.03. The number of aromatic nitrogens is 4. The van der Waals surface area contributed by atoms with E-state index < -0.39 is 0 Å². The fraction of sp³-hybridized carbons (Fsp3) is 0.222. The third-order valence-electron chi connectivity index (χ3n) is 1.78. The molecule has 0 aliphatic rings. The second-order valence-electron chi connectivity index (χ2n) is 2.80. The molecule has 0 amide bonds. The Morgan fingerprint density at radius 2 is 2.00 bits per heavy atom. The number of tetrazole rings is 1. The lowest BCUT2D eigenvalue weighted by Gasteiger charge is -1.92. The molecule has 0 saturated carbocycles. The first-order valence-corrected chi connectivity index (χ1v) is 4.97. The van der Waals surface area contributed by atoms with Crippen LogP contribution >= 0.6 is 12.6 Å². The summed E-state index contributed by atoms with van der Waals surface area (Å²) in [6, 6.07) is 9.79. The van der Waals surface area contributed by atoms with E-state index in [0.29, 0.717) is 18.1 Å². The Morgan fingerprint density at radius 3 is 2.71 bits per heavy atom. The Balaban J connectivity index is 2.25. The van der Waals surface area contributed by atoms with Gasteiger partial charge in [0.2, 0.25) is 5.82 Å². The lowest BCUT2D eigenvalue weighted by molar-refractivity contribution is 0.558. The summed E-state index contributed by atoms with van der Waals surface area (Å²) in [6.45, 7) is 0.683. The van der Waals surface area contributed by atoms with E-state index in [1.807, 2.05) is 30.3 Å². The maximum atomic E-state index is 4.22. The molecule has 0 unspecified atom stereocenters. The number of hydrogen-bond donors (Lipinski definition) is 1. The van der Waals surface area contributed by atoms with Crippen LogP contribution in [-0.2, 0) is 6.54 Å². The summed E-state index contributed by atoms with van der Waals surface area (Å²) in [5, 5.41) is 12.1. The number of hydrogen-bond acceptors (Lipinski definition) is 4. The van der Waals surface area contributed by atoms with Gasteiger partial charge < -0.3 is 0 Å². The average Bonchev–Trinajstić information content (AvgIpc) is 2.68. The lowest BCUT2D eigenvalue weighted by atomic mass is 10.2. The van der Waals surface area contributed by atoms with Crippen molar-refractivity contribution in [2.45, 2.75) is 6.54 Å². The summed E-state index contributed by atoms with van der Waals surface area (Å²) in [5.41, 5.74) is 0.984. The summed E-state index contributed by atoms with van der Waals surface area (Å²) >= 11 is 4.10. The number of aryl methyl sites for hydroxylation is 1. The van der Waals surface area contributed by atoms with Crippen LogP contribution in [-0.4, -0.2) is 26.0 Å². The van der Waals surface area contributed by atoms with E-state index in [0.717, 1.165) is 5.56 Å². The molecule has 72 valence electrons. The minimum atomic E-state index is 0.660. The molecule has 0 bridgehead atoms. The molecule has 0 atom stereocenters. The van der Waals surface area contributed by atoms with E-state index >= 15 is 0 Å². The monoisotopic (exact) mass is 206 g/mol. The van der Waals surface area contributed by atoms with E-state index in [1.165, 1.54) is 0 Å². The zero-order valence-electron chi connectivity index (χ0n) is 7.54. The molecule has 0 saturated heterocycles. The van der Waals surface area contributed by atoms with Crippen LogP contribution in [0.4, 0.5) is 0 Å². The maximum Gasteiger partial charge on any atom is 0.204 e. The summed E-state index contributed by atoms with van der Waals surface area (Å²) < 4.78 is 0. The van der Waals surface area contributed by atoms with Crippen molar-refractivity contribution in [2.75, 3.05) is 5.75 Å². The third-order valence-corrected chi connectivity index (χ3v) is 1.98. The first-order chi connectivity index (χ1) is 6.90. The van der Waals surface area contributed by atoms with Gasteiger partial charge in [0.05, 0.1) is 6.54 Å². The van der Waals surface area contributed by atoms with Crippen LogP contribution in [0, 0.1) is 0 Å². The van der Waals surface area contributed by atoms with Gasteiger partial charge in [0.15, 0.2) is 0 Å². The molecule has 1 aromatic heterocycles. The quantitative estimate of drug-likeness (QED) is 0.769. The van der Waals surface area contributed by atoms with Gasteiger partial charge in [-0.1, -0.05) is 30.3 Å². The van der Waals surface area contributed by atoms with Crippen molar-refractivity contribution in [2.24, 2.45) is 0 Å². The highest BCUT2D eigenvalue weighted by atomic mass is 32.1. The number of benzene rings is 1. The van der Waals surface area contributed by atoms with Crippen molar-refractivity contribution >= 4 is 12.6 Å². The highest BCUT2D eigenvalue weighted by Crippen LogP contribution is 2.11. The molecule has 14 heavy (non-hydrogen) atoms. The average molecular weight is 206 g/mol. The number of nitrogens with zero attached hydrogens (tertiary/aromatic N) is 4. The second-order valence-corrected chi connectivity index (χ2v) is 3.25. The van der Waals surface area contributed by atoms with Crippen molar-refractivity contribution in [1.82, 2.24) is 20.2 Å². The van der Waals surface area contributed by atoms with Gasteiger partial charge in [-0.3, -0.25) is 0 Å². The smallest absolute Gasteiger partial charge is 0.177 e. The van der Waals surface area contributed by atoms with Crippen LogP contribution in [0.5, 0.6) is 0 Å². The van der Waals surface area contributed by atoms with E-state index in [9.17, 15) is 0 Å². The van der Waals surface area contributed by atoms with Crippen LogP contribution in [0.15, 0.2) is 30.3 Å². The van der Waals surface area contributed by atoms with Crippen LogP contribution in [0.3, 0.4) is 0 Å². The molecule has 0 aliphatic carbocycles. The molecular weight excluding hydrogens is 196 g/mol. The molecule has 1 aromatic carbocycles. The Hall–Kier alpha value is -1.36. The molecule has 1 heterocycles. The van der Waals surface area contributed by atoms with E-state index in [-0.39, 0.29) is 0 Å². The number of thiol groups is 1. The minimum absolute atomic E-state index is 0.660. The number of rotatable bonds is 3. The second kappa shape index (κ2) is 4.23. The SMILES string of the molecule is SCCn1nnc(-c2ccccc2)n1. The predicted octanol–water partition coefficient (Wildman–Crippen LogP) is 1.27. The van der Waals surface area contributed by atoms with Crippen molar-refractivity contribution in [3.05, 3.63) is 30.3 Å². The highest BCUT2D eigenvalue weighted by molar-refractivity contribution is 7.80. The van der Waals surface area contributed by atoms with Crippen molar-refractivity contribution in [3.63, 3.8) is 0 Å². The summed E-state index contributed by atoms with van der Waals surface area (Å²) in [4.78, 5) is 1.55. The fourth-order valence-corrected chi connectivity index (χ4v) is 1.31. The summed E-state index contributed by atoms with van der Waals surface area (Å²) in [6.07, 6.45) is 0. The first-order valence-electron chi connectivity index (χ1n) is 4.34. The zero-order valence-corrected chi connectivity index (χ0v) is 8.43. The Labute approximate surface area is 87.4 Å². The molecule has 0 fully saturated rings. The van der Waals surface area contributed by atoms with Gasteiger partial charge in [-0.15, -0.1) is 10.2 Å². The van der Waals surface area contributed by atoms with E-state index in [4.69, 9.17) is 0 Å². The largest absolute Gasteiger partial charge is 0.204 e. The van der Waals surface area contributed by atoms with Crippen molar-refractivity contribution in [1.29, 1.82) is 0 Å². The van der Waals surface area contributed by atoms with Crippen molar-refractivity contribution in [3.8, 4) is 11.4 Å². The van der Waals surface area contributed by atoms with Gasteiger partial charge in [-0.25, -0.2) is 0 Å². The van der Waals surface area contributed by atoms with Gasteiger partial charge in [-0.2, -0.15) is 17.4 Å². The van der Waals surface area contributed by atoms with E-state index in [2.05, 4.69) is 28.0 Å². The predicted molar refractivity (Wildman–Crippen MR) is 57.1 cm³/mol. The maximum absolute atomic E-state index is 4.22. The Morgan fingerprint density at radius 1 is 1.21 bits per heavy atom. The Bertz CT molecular complexity index is 398. The topological polar surface area (TPSA) is 43.6 Å². The normalized spacial score (nSPS) is 10.4. The third kappa shape index (κ3) is 1.93.